The maximum atomic E-state index is 11.9. The lowest BCUT2D eigenvalue weighted by atomic mass is 9.97. The van der Waals surface area contributed by atoms with Crippen molar-refractivity contribution in [3.05, 3.63) is 0 Å². The van der Waals surface area contributed by atoms with Crippen molar-refractivity contribution in [1.82, 2.24) is 15.1 Å². The largest absolute Gasteiger partial charge is 0.355 e. The van der Waals surface area contributed by atoms with E-state index in [1.54, 1.807) is 0 Å². The number of likely N-dealkylation sites (tertiary alicyclic amines) is 1. The molecule has 3 N–H and O–H groups in total. The number of nitrogens with two attached hydrogens (primary N) is 1. The molecule has 1 atom stereocenters. The van der Waals surface area contributed by atoms with E-state index in [9.17, 15) is 4.79 Å². The zero-order valence-corrected chi connectivity index (χ0v) is 11.8. The second-order valence-corrected chi connectivity index (χ2v) is 5.38. The van der Waals surface area contributed by atoms with E-state index in [-0.39, 0.29) is 11.8 Å². The highest BCUT2D eigenvalue weighted by molar-refractivity contribution is 5.78. The summed E-state index contributed by atoms with van der Waals surface area (Å²) in [6, 6.07) is 0. The van der Waals surface area contributed by atoms with Crippen LogP contribution in [-0.2, 0) is 4.79 Å². The van der Waals surface area contributed by atoms with Crippen LogP contribution in [0.1, 0.15) is 19.3 Å². The molecule has 0 aromatic rings. The number of carbonyl (C=O) groups excluding carboxylic acids is 1. The summed E-state index contributed by atoms with van der Waals surface area (Å²) in [5.74, 6) is 0.336. The van der Waals surface area contributed by atoms with Crippen molar-refractivity contribution < 1.29 is 4.79 Å². The second-order valence-electron chi connectivity index (χ2n) is 5.38. The molecular weight excluding hydrogens is 228 g/mol. The van der Waals surface area contributed by atoms with Gasteiger partial charge < -0.3 is 20.9 Å². The van der Waals surface area contributed by atoms with Crippen LogP contribution < -0.4 is 11.1 Å². The summed E-state index contributed by atoms with van der Waals surface area (Å²) < 4.78 is 0. The Kier molecular flexibility index (Phi) is 7.23. The van der Waals surface area contributed by atoms with Crippen molar-refractivity contribution in [2.75, 3.05) is 53.4 Å². The number of carbonyl (C=O) groups is 1. The van der Waals surface area contributed by atoms with Gasteiger partial charge in [-0.3, -0.25) is 4.79 Å². The molecule has 0 aromatic carbocycles. The minimum atomic E-state index is 0.157. The molecule has 0 aromatic heterocycles. The Morgan fingerprint density at radius 3 is 2.94 bits per heavy atom. The van der Waals surface area contributed by atoms with E-state index in [2.05, 4.69) is 29.2 Å². The fourth-order valence-corrected chi connectivity index (χ4v) is 2.42. The van der Waals surface area contributed by atoms with Gasteiger partial charge in [0, 0.05) is 19.6 Å². The number of amides is 1. The van der Waals surface area contributed by atoms with E-state index in [0.29, 0.717) is 13.1 Å². The van der Waals surface area contributed by atoms with Crippen LogP contribution >= 0.6 is 0 Å². The number of hydrogen-bond acceptors (Lipinski definition) is 4. The number of nitrogens with zero attached hydrogens (tertiary/aromatic N) is 2. The monoisotopic (exact) mass is 256 g/mol. The van der Waals surface area contributed by atoms with Crippen molar-refractivity contribution in [1.29, 1.82) is 0 Å². The Balaban J connectivity index is 2.25. The predicted octanol–water partition coefficient (Wildman–Crippen LogP) is -0.275. The molecule has 0 bridgehead atoms. The normalized spacial score (nSPS) is 21.2. The Hall–Kier alpha value is -0.650. The number of piperidine rings is 1. The molecule has 0 saturated carbocycles. The molecule has 1 rings (SSSR count). The van der Waals surface area contributed by atoms with Crippen LogP contribution in [0.5, 0.6) is 0 Å². The van der Waals surface area contributed by atoms with Crippen molar-refractivity contribution >= 4 is 5.91 Å². The standard InChI is InChI=1S/C13H28N4O/c1-16(2)8-4-10-17-9-3-5-12(11-17)13(18)15-7-6-14/h12H,3-11,14H2,1-2H3,(H,15,18). The molecule has 18 heavy (non-hydrogen) atoms. The Morgan fingerprint density at radius 2 is 2.28 bits per heavy atom. The van der Waals surface area contributed by atoms with Gasteiger partial charge in [-0.1, -0.05) is 0 Å². The highest BCUT2D eigenvalue weighted by Crippen LogP contribution is 2.16. The van der Waals surface area contributed by atoms with Gasteiger partial charge in [0.15, 0.2) is 0 Å². The average Bonchev–Trinajstić information content (AvgIpc) is 2.36. The molecule has 0 radical (unpaired) electrons. The maximum Gasteiger partial charge on any atom is 0.224 e. The summed E-state index contributed by atoms with van der Waals surface area (Å²) in [6.07, 6.45) is 3.31. The van der Waals surface area contributed by atoms with Crippen molar-refractivity contribution in [3.8, 4) is 0 Å². The molecule has 106 valence electrons. The van der Waals surface area contributed by atoms with Gasteiger partial charge in [-0.25, -0.2) is 0 Å². The third-order valence-electron chi connectivity index (χ3n) is 3.40. The molecule has 1 unspecified atom stereocenters. The van der Waals surface area contributed by atoms with Gasteiger partial charge in [0.25, 0.3) is 0 Å². The van der Waals surface area contributed by atoms with E-state index in [1.807, 2.05) is 0 Å². The SMILES string of the molecule is CN(C)CCCN1CCCC(C(=O)NCCN)C1. The summed E-state index contributed by atoms with van der Waals surface area (Å²) in [7, 11) is 4.19. The Bertz CT molecular complexity index is 245. The molecule has 1 heterocycles. The molecule has 1 saturated heterocycles. The van der Waals surface area contributed by atoms with Gasteiger partial charge in [0.2, 0.25) is 5.91 Å². The van der Waals surface area contributed by atoms with Crippen LogP contribution in [0.2, 0.25) is 0 Å². The molecule has 0 spiro atoms. The quantitative estimate of drug-likeness (QED) is 0.658. The zero-order valence-electron chi connectivity index (χ0n) is 11.8. The highest BCUT2D eigenvalue weighted by atomic mass is 16.1. The zero-order chi connectivity index (χ0) is 13.4. The minimum absolute atomic E-state index is 0.157. The maximum absolute atomic E-state index is 11.9. The van der Waals surface area contributed by atoms with Gasteiger partial charge in [0.05, 0.1) is 5.92 Å². The third kappa shape index (κ3) is 5.80. The number of hydrogen-bond donors (Lipinski definition) is 2. The van der Waals surface area contributed by atoms with Crippen LogP contribution in [0.3, 0.4) is 0 Å². The Labute approximate surface area is 111 Å². The first-order valence-electron chi connectivity index (χ1n) is 6.98. The molecule has 5 heteroatoms. The lowest BCUT2D eigenvalue weighted by molar-refractivity contribution is -0.126. The van der Waals surface area contributed by atoms with Gasteiger partial charge in [-0.05, 0) is 53.0 Å². The lowest BCUT2D eigenvalue weighted by Gasteiger charge is -2.32. The average molecular weight is 256 g/mol. The lowest BCUT2D eigenvalue weighted by Crippen LogP contribution is -2.44. The van der Waals surface area contributed by atoms with E-state index >= 15 is 0 Å². The predicted molar refractivity (Wildman–Crippen MR) is 74.4 cm³/mol. The topological polar surface area (TPSA) is 61.6 Å². The first-order valence-corrected chi connectivity index (χ1v) is 6.98. The minimum Gasteiger partial charge on any atom is -0.355 e. The molecule has 1 aliphatic heterocycles. The van der Waals surface area contributed by atoms with Crippen LogP contribution in [0, 0.1) is 5.92 Å². The number of nitrogens with one attached hydrogen (secondary N) is 1. The smallest absolute Gasteiger partial charge is 0.224 e. The first-order chi connectivity index (χ1) is 8.63. The Morgan fingerprint density at radius 1 is 1.50 bits per heavy atom. The molecule has 1 amide bonds. The summed E-state index contributed by atoms with van der Waals surface area (Å²) >= 11 is 0. The number of rotatable bonds is 7. The van der Waals surface area contributed by atoms with E-state index in [0.717, 1.165) is 39.0 Å². The summed E-state index contributed by atoms with van der Waals surface area (Å²) in [5, 5.41) is 2.90. The van der Waals surface area contributed by atoms with Crippen LogP contribution in [-0.4, -0.2) is 69.1 Å². The van der Waals surface area contributed by atoms with Crippen LogP contribution in [0.15, 0.2) is 0 Å². The summed E-state index contributed by atoms with van der Waals surface area (Å²) in [4.78, 5) is 16.5. The highest BCUT2D eigenvalue weighted by Gasteiger charge is 2.24. The van der Waals surface area contributed by atoms with Gasteiger partial charge in [-0.15, -0.1) is 0 Å². The van der Waals surface area contributed by atoms with Crippen LogP contribution in [0.25, 0.3) is 0 Å². The van der Waals surface area contributed by atoms with E-state index in [4.69, 9.17) is 5.73 Å². The van der Waals surface area contributed by atoms with E-state index < -0.39 is 0 Å². The molecule has 1 aliphatic rings. The van der Waals surface area contributed by atoms with Gasteiger partial charge in [0.1, 0.15) is 0 Å². The van der Waals surface area contributed by atoms with Crippen molar-refractivity contribution in [2.45, 2.75) is 19.3 Å². The molecular formula is C13H28N4O. The van der Waals surface area contributed by atoms with Gasteiger partial charge >= 0.3 is 0 Å². The second kappa shape index (κ2) is 8.45. The van der Waals surface area contributed by atoms with Crippen molar-refractivity contribution in [3.63, 3.8) is 0 Å². The summed E-state index contributed by atoms with van der Waals surface area (Å²) in [5.41, 5.74) is 5.40. The summed E-state index contributed by atoms with van der Waals surface area (Å²) in [6.45, 7) is 5.36. The fraction of sp³-hybridized carbons (Fsp3) is 0.923. The van der Waals surface area contributed by atoms with Gasteiger partial charge in [-0.2, -0.15) is 0 Å². The fourth-order valence-electron chi connectivity index (χ4n) is 2.42. The molecule has 0 aliphatic carbocycles. The third-order valence-corrected chi connectivity index (χ3v) is 3.40. The first kappa shape index (κ1) is 15.4. The molecule has 5 nitrogen and oxygen atoms in total. The van der Waals surface area contributed by atoms with Crippen LogP contribution in [0.4, 0.5) is 0 Å². The van der Waals surface area contributed by atoms with Crippen molar-refractivity contribution in [2.24, 2.45) is 11.7 Å². The molecule has 1 fully saturated rings. The van der Waals surface area contributed by atoms with E-state index in [1.165, 1.54) is 6.42 Å².